The Labute approximate surface area is 171 Å². The number of nitrogens with zero attached hydrogens (tertiary/aromatic N) is 3. The summed E-state index contributed by atoms with van der Waals surface area (Å²) < 4.78 is 0. The lowest BCUT2D eigenvalue weighted by atomic mass is 10.1. The van der Waals surface area contributed by atoms with Crippen molar-refractivity contribution in [2.24, 2.45) is 0 Å². The standard InChI is InChI=1S/C19H20ClN5O2S/c1-25-6-4-11(5-7-25)24-18(27)16-9-13-17(21-10-22-19(13)28-16)23-12-2-3-15(26)14(20)8-12/h2-3,8-11,26H,4-7H2,1H3,(H,24,27)(H,21,22,23). The van der Waals surface area contributed by atoms with Crippen LogP contribution in [0.1, 0.15) is 22.5 Å². The lowest BCUT2D eigenvalue weighted by Crippen LogP contribution is -2.43. The first-order valence-corrected chi connectivity index (χ1v) is 10.2. The maximum atomic E-state index is 12.7. The first-order valence-electron chi connectivity index (χ1n) is 8.99. The second-order valence-corrected chi connectivity index (χ2v) is 8.33. The smallest absolute Gasteiger partial charge is 0.261 e. The fraction of sp³-hybridized carbons (Fsp3) is 0.316. The summed E-state index contributed by atoms with van der Waals surface area (Å²) in [5.74, 6) is 0.529. The molecule has 4 rings (SSSR count). The van der Waals surface area contributed by atoms with Gasteiger partial charge in [-0.15, -0.1) is 11.3 Å². The van der Waals surface area contributed by atoms with Crippen molar-refractivity contribution < 1.29 is 9.90 Å². The van der Waals surface area contributed by atoms with Gasteiger partial charge in [0.2, 0.25) is 0 Å². The highest BCUT2D eigenvalue weighted by Gasteiger charge is 2.21. The van der Waals surface area contributed by atoms with E-state index in [-0.39, 0.29) is 22.7 Å². The number of hydrogen-bond acceptors (Lipinski definition) is 7. The number of amides is 1. The number of phenolic OH excluding ortho intramolecular Hbond substituents is 1. The maximum Gasteiger partial charge on any atom is 0.261 e. The molecule has 0 saturated carbocycles. The Morgan fingerprint density at radius 1 is 1.29 bits per heavy atom. The highest BCUT2D eigenvalue weighted by atomic mass is 35.5. The molecule has 7 nitrogen and oxygen atoms in total. The number of piperidine rings is 1. The van der Waals surface area contributed by atoms with Gasteiger partial charge in [-0.25, -0.2) is 9.97 Å². The van der Waals surface area contributed by atoms with Crippen molar-refractivity contribution >= 4 is 50.6 Å². The molecule has 0 aliphatic carbocycles. The Kier molecular flexibility index (Phi) is 5.34. The number of benzene rings is 1. The molecule has 146 valence electrons. The predicted octanol–water partition coefficient (Wildman–Crippen LogP) is 3.62. The second kappa shape index (κ2) is 7.90. The van der Waals surface area contributed by atoms with E-state index < -0.39 is 0 Å². The first-order chi connectivity index (χ1) is 13.5. The summed E-state index contributed by atoms with van der Waals surface area (Å²) in [7, 11) is 2.10. The molecule has 0 atom stereocenters. The molecule has 3 aromatic rings. The van der Waals surface area contributed by atoms with E-state index in [2.05, 4.69) is 32.5 Å². The van der Waals surface area contributed by atoms with Gasteiger partial charge in [0.05, 0.1) is 15.3 Å². The average molecular weight is 418 g/mol. The second-order valence-electron chi connectivity index (χ2n) is 6.89. The molecule has 2 aromatic heterocycles. The molecule has 1 amide bonds. The molecular formula is C19H20ClN5O2S. The fourth-order valence-electron chi connectivity index (χ4n) is 3.20. The number of thiophene rings is 1. The monoisotopic (exact) mass is 417 g/mol. The van der Waals surface area contributed by atoms with Crippen molar-refractivity contribution in [3.8, 4) is 5.75 Å². The number of aromatic hydroxyl groups is 1. The van der Waals surface area contributed by atoms with Crippen LogP contribution in [-0.2, 0) is 0 Å². The van der Waals surface area contributed by atoms with Crippen molar-refractivity contribution in [1.82, 2.24) is 20.2 Å². The van der Waals surface area contributed by atoms with Crippen LogP contribution in [0, 0.1) is 0 Å². The van der Waals surface area contributed by atoms with E-state index in [1.54, 1.807) is 12.1 Å². The Balaban J connectivity index is 1.54. The Morgan fingerprint density at radius 3 is 2.82 bits per heavy atom. The quantitative estimate of drug-likeness (QED) is 0.562. The number of aromatic nitrogens is 2. The maximum absolute atomic E-state index is 12.7. The minimum absolute atomic E-state index is 0.0171. The minimum Gasteiger partial charge on any atom is -0.506 e. The molecule has 3 N–H and O–H groups in total. The zero-order chi connectivity index (χ0) is 19.7. The van der Waals surface area contributed by atoms with Gasteiger partial charge < -0.3 is 20.6 Å². The van der Waals surface area contributed by atoms with Gasteiger partial charge in [0.15, 0.2) is 0 Å². The SMILES string of the molecule is CN1CCC(NC(=O)c2cc3c(Nc4ccc(O)c(Cl)c4)ncnc3s2)CC1. The van der Waals surface area contributed by atoms with Crippen molar-refractivity contribution in [3.05, 3.63) is 40.5 Å². The van der Waals surface area contributed by atoms with Gasteiger partial charge >= 0.3 is 0 Å². The number of nitrogens with one attached hydrogen (secondary N) is 2. The molecule has 1 saturated heterocycles. The van der Waals surface area contributed by atoms with E-state index in [4.69, 9.17) is 11.6 Å². The van der Waals surface area contributed by atoms with Crippen molar-refractivity contribution in [1.29, 1.82) is 0 Å². The number of hydrogen-bond donors (Lipinski definition) is 3. The lowest BCUT2D eigenvalue weighted by molar-refractivity contribution is 0.0921. The van der Waals surface area contributed by atoms with Gasteiger partial charge in [-0.1, -0.05) is 11.6 Å². The van der Waals surface area contributed by atoms with Crippen LogP contribution in [0.15, 0.2) is 30.6 Å². The van der Waals surface area contributed by atoms with Crippen molar-refractivity contribution in [2.75, 3.05) is 25.5 Å². The molecule has 0 spiro atoms. The van der Waals surface area contributed by atoms with Crippen LogP contribution >= 0.6 is 22.9 Å². The molecule has 1 aliphatic rings. The zero-order valence-corrected chi connectivity index (χ0v) is 16.8. The van der Waals surface area contributed by atoms with Crippen molar-refractivity contribution in [3.63, 3.8) is 0 Å². The van der Waals surface area contributed by atoms with Gasteiger partial charge in [-0.2, -0.15) is 0 Å². The number of rotatable bonds is 4. The van der Waals surface area contributed by atoms with E-state index in [1.807, 2.05) is 6.07 Å². The summed E-state index contributed by atoms with van der Waals surface area (Å²) in [4.78, 5) is 24.9. The van der Waals surface area contributed by atoms with E-state index in [1.165, 1.54) is 23.7 Å². The van der Waals surface area contributed by atoms with E-state index >= 15 is 0 Å². The van der Waals surface area contributed by atoms with E-state index in [9.17, 15) is 9.90 Å². The predicted molar refractivity (Wildman–Crippen MR) is 112 cm³/mol. The third-order valence-corrected chi connectivity index (χ3v) is 6.16. The van der Waals surface area contributed by atoms with Crippen LogP contribution in [0.5, 0.6) is 5.75 Å². The summed E-state index contributed by atoms with van der Waals surface area (Å²) in [5.41, 5.74) is 0.686. The zero-order valence-electron chi connectivity index (χ0n) is 15.3. The number of anilines is 2. The molecule has 0 bridgehead atoms. The van der Waals surface area contributed by atoms with Gasteiger partial charge in [-0.3, -0.25) is 4.79 Å². The first kappa shape index (κ1) is 18.9. The fourth-order valence-corrected chi connectivity index (χ4v) is 4.28. The third-order valence-electron chi connectivity index (χ3n) is 4.82. The van der Waals surface area contributed by atoms with Crippen LogP contribution in [0.3, 0.4) is 0 Å². The van der Waals surface area contributed by atoms with E-state index in [0.29, 0.717) is 16.4 Å². The highest BCUT2D eigenvalue weighted by molar-refractivity contribution is 7.20. The number of likely N-dealkylation sites (tertiary alicyclic amines) is 1. The lowest BCUT2D eigenvalue weighted by Gasteiger charge is -2.29. The molecule has 28 heavy (non-hydrogen) atoms. The molecule has 1 fully saturated rings. The van der Waals surface area contributed by atoms with Crippen LogP contribution < -0.4 is 10.6 Å². The van der Waals surface area contributed by atoms with Crippen LogP contribution in [0.2, 0.25) is 5.02 Å². The number of carbonyl (C=O) groups excluding carboxylic acids is 1. The van der Waals surface area contributed by atoms with Crippen LogP contribution in [0.4, 0.5) is 11.5 Å². The highest BCUT2D eigenvalue weighted by Crippen LogP contribution is 2.32. The third kappa shape index (κ3) is 4.04. The molecule has 0 radical (unpaired) electrons. The normalized spacial score (nSPS) is 15.6. The van der Waals surface area contributed by atoms with Gasteiger partial charge in [0.25, 0.3) is 5.91 Å². The van der Waals surface area contributed by atoms with Gasteiger partial charge in [0.1, 0.15) is 22.7 Å². The van der Waals surface area contributed by atoms with E-state index in [0.717, 1.165) is 36.1 Å². The molecule has 1 aromatic carbocycles. The summed E-state index contributed by atoms with van der Waals surface area (Å²) >= 11 is 7.31. The molecular weight excluding hydrogens is 398 g/mol. The number of halogens is 1. The van der Waals surface area contributed by atoms with Gasteiger partial charge in [0, 0.05) is 11.7 Å². The minimum atomic E-state index is -0.0730. The number of phenols is 1. The van der Waals surface area contributed by atoms with Crippen LogP contribution in [-0.4, -0.2) is 52.1 Å². The Hall–Kier alpha value is -2.42. The topological polar surface area (TPSA) is 90.4 Å². The summed E-state index contributed by atoms with van der Waals surface area (Å²) in [6.45, 7) is 1.98. The summed E-state index contributed by atoms with van der Waals surface area (Å²) in [6.07, 6.45) is 3.38. The molecule has 1 aliphatic heterocycles. The summed E-state index contributed by atoms with van der Waals surface area (Å²) in [6, 6.07) is 6.85. The molecule has 9 heteroatoms. The molecule has 0 unspecified atom stereocenters. The number of carbonyl (C=O) groups is 1. The molecule has 3 heterocycles. The Morgan fingerprint density at radius 2 is 2.07 bits per heavy atom. The largest absolute Gasteiger partial charge is 0.506 e. The van der Waals surface area contributed by atoms with Crippen molar-refractivity contribution in [2.45, 2.75) is 18.9 Å². The van der Waals surface area contributed by atoms with Gasteiger partial charge in [-0.05, 0) is 57.2 Å². The number of fused-ring (bicyclic) bond motifs is 1. The Bertz CT molecular complexity index is 1020. The summed E-state index contributed by atoms with van der Waals surface area (Å²) in [5, 5.41) is 16.9. The van der Waals surface area contributed by atoms with Crippen LogP contribution in [0.25, 0.3) is 10.2 Å². The average Bonchev–Trinajstić information content (AvgIpc) is 3.12.